The number of amides is 2. The Hall–Kier alpha value is -3.22. The Morgan fingerprint density at radius 2 is 2.08 bits per heavy atom. The average molecular weight is 349 g/mol. The Balaban J connectivity index is 1.59. The van der Waals surface area contributed by atoms with Gasteiger partial charge in [0.1, 0.15) is 5.65 Å². The minimum atomic E-state index is -0.0708. The van der Waals surface area contributed by atoms with E-state index in [0.717, 1.165) is 17.6 Å². The quantitative estimate of drug-likeness (QED) is 0.760. The van der Waals surface area contributed by atoms with Crippen molar-refractivity contribution in [2.75, 3.05) is 6.54 Å². The SMILES string of the molecule is O=C1CCC(CN(Cc2ccncc2)C(=O)c2ccc3nccn3c2)N1. The molecule has 1 unspecified atom stereocenters. The van der Waals surface area contributed by atoms with E-state index in [1.54, 1.807) is 35.8 Å². The van der Waals surface area contributed by atoms with Gasteiger partial charge in [-0.3, -0.25) is 14.6 Å². The topological polar surface area (TPSA) is 79.6 Å². The van der Waals surface area contributed by atoms with Crippen LogP contribution in [0.2, 0.25) is 0 Å². The average Bonchev–Trinajstić information content (AvgIpc) is 3.29. The number of hydrogen-bond acceptors (Lipinski definition) is 4. The summed E-state index contributed by atoms with van der Waals surface area (Å²) >= 11 is 0. The maximum atomic E-state index is 13.1. The van der Waals surface area contributed by atoms with E-state index in [9.17, 15) is 9.59 Å². The van der Waals surface area contributed by atoms with Crippen molar-refractivity contribution in [1.82, 2.24) is 24.6 Å². The Labute approximate surface area is 150 Å². The second-order valence-electron chi connectivity index (χ2n) is 6.45. The number of aromatic nitrogens is 3. The molecule has 1 aliphatic rings. The first kappa shape index (κ1) is 16.3. The van der Waals surface area contributed by atoms with Crippen LogP contribution in [0.15, 0.2) is 55.2 Å². The van der Waals surface area contributed by atoms with Gasteiger partial charge in [-0.2, -0.15) is 0 Å². The molecular weight excluding hydrogens is 330 g/mol. The van der Waals surface area contributed by atoms with Crippen LogP contribution in [0.3, 0.4) is 0 Å². The first-order valence-electron chi connectivity index (χ1n) is 8.59. The van der Waals surface area contributed by atoms with Gasteiger partial charge in [0.15, 0.2) is 0 Å². The highest BCUT2D eigenvalue weighted by atomic mass is 16.2. The molecule has 1 fully saturated rings. The summed E-state index contributed by atoms with van der Waals surface area (Å²) < 4.78 is 1.83. The van der Waals surface area contributed by atoms with E-state index in [0.29, 0.717) is 25.1 Å². The number of pyridine rings is 2. The van der Waals surface area contributed by atoms with Crippen molar-refractivity contribution < 1.29 is 9.59 Å². The smallest absolute Gasteiger partial charge is 0.255 e. The van der Waals surface area contributed by atoms with Crippen LogP contribution in [-0.4, -0.2) is 43.7 Å². The van der Waals surface area contributed by atoms with E-state index in [1.165, 1.54) is 0 Å². The molecule has 1 N–H and O–H groups in total. The summed E-state index contributed by atoms with van der Waals surface area (Å²) in [4.78, 5) is 34.7. The lowest BCUT2D eigenvalue weighted by atomic mass is 10.1. The molecule has 4 rings (SSSR count). The van der Waals surface area contributed by atoms with Crippen molar-refractivity contribution in [3.8, 4) is 0 Å². The van der Waals surface area contributed by atoms with Gasteiger partial charge in [0.25, 0.3) is 5.91 Å². The van der Waals surface area contributed by atoms with Crippen molar-refractivity contribution in [2.45, 2.75) is 25.4 Å². The molecule has 26 heavy (non-hydrogen) atoms. The molecule has 132 valence electrons. The third-order valence-electron chi connectivity index (χ3n) is 4.57. The summed E-state index contributed by atoms with van der Waals surface area (Å²) in [6.07, 6.45) is 10.0. The lowest BCUT2D eigenvalue weighted by Crippen LogP contribution is -2.41. The van der Waals surface area contributed by atoms with Gasteiger partial charge in [0.2, 0.25) is 5.91 Å². The zero-order chi connectivity index (χ0) is 17.9. The van der Waals surface area contributed by atoms with E-state index in [4.69, 9.17) is 0 Å². The number of carbonyl (C=O) groups excluding carboxylic acids is 2. The van der Waals surface area contributed by atoms with Crippen LogP contribution in [0.25, 0.3) is 5.65 Å². The predicted octanol–water partition coefficient (Wildman–Crippen LogP) is 1.65. The lowest BCUT2D eigenvalue weighted by molar-refractivity contribution is -0.119. The second-order valence-corrected chi connectivity index (χ2v) is 6.45. The molecule has 1 aliphatic heterocycles. The second kappa shape index (κ2) is 6.95. The fourth-order valence-corrected chi connectivity index (χ4v) is 3.24. The van der Waals surface area contributed by atoms with Gasteiger partial charge in [0.05, 0.1) is 5.56 Å². The molecule has 3 aromatic heterocycles. The van der Waals surface area contributed by atoms with Gasteiger partial charge in [-0.15, -0.1) is 0 Å². The molecule has 1 saturated heterocycles. The van der Waals surface area contributed by atoms with E-state index < -0.39 is 0 Å². The maximum Gasteiger partial charge on any atom is 0.255 e. The van der Waals surface area contributed by atoms with E-state index in [-0.39, 0.29) is 17.9 Å². The number of nitrogens with one attached hydrogen (secondary N) is 1. The molecule has 1 atom stereocenters. The van der Waals surface area contributed by atoms with Gasteiger partial charge in [-0.25, -0.2) is 4.98 Å². The number of imidazole rings is 1. The molecule has 0 saturated carbocycles. The molecule has 0 bridgehead atoms. The summed E-state index contributed by atoms with van der Waals surface area (Å²) in [6.45, 7) is 0.949. The molecular formula is C19H19N5O2. The largest absolute Gasteiger partial charge is 0.352 e. The summed E-state index contributed by atoms with van der Waals surface area (Å²) in [5.41, 5.74) is 2.39. The third-order valence-corrected chi connectivity index (χ3v) is 4.57. The molecule has 0 aliphatic carbocycles. The third kappa shape index (κ3) is 3.42. The van der Waals surface area contributed by atoms with Gasteiger partial charge in [-0.05, 0) is 36.2 Å². The zero-order valence-corrected chi connectivity index (χ0v) is 14.2. The van der Waals surface area contributed by atoms with Crippen molar-refractivity contribution in [1.29, 1.82) is 0 Å². The first-order valence-corrected chi connectivity index (χ1v) is 8.59. The van der Waals surface area contributed by atoms with Crippen LogP contribution in [0.1, 0.15) is 28.8 Å². The van der Waals surface area contributed by atoms with E-state index in [2.05, 4.69) is 15.3 Å². The van der Waals surface area contributed by atoms with Crippen LogP contribution >= 0.6 is 0 Å². The molecule has 7 heteroatoms. The molecule has 0 radical (unpaired) electrons. The first-order chi connectivity index (χ1) is 12.7. The fraction of sp³-hybridized carbons (Fsp3) is 0.263. The van der Waals surface area contributed by atoms with E-state index >= 15 is 0 Å². The summed E-state index contributed by atoms with van der Waals surface area (Å²) in [5, 5.41) is 2.94. The predicted molar refractivity (Wildman–Crippen MR) is 95.3 cm³/mol. The lowest BCUT2D eigenvalue weighted by Gasteiger charge is -2.26. The van der Waals surface area contributed by atoms with Crippen molar-refractivity contribution in [3.63, 3.8) is 0 Å². The molecule has 2 amide bonds. The van der Waals surface area contributed by atoms with Gasteiger partial charge < -0.3 is 14.6 Å². The highest BCUT2D eigenvalue weighted by Crippen LogP contribution is 2.15. The highest BCUT2D eigenvalue weighted by molar-refractivity contribution is 5.94. The molecule has 3 aromatic rings. The zero-order valence-electron chi connectivity index (χ0n) is 14.2. The van der Waals surface area contributed by atoms with Crippen molar-refractivity contribution >= 4 is 17.5 Å². The van der Waals surface area contributed by atoms with E-state index in [1.807, 2.05) is 28.8 Å². The Morgan fingerprint density at radius 3 is 2.85 bits per heavy atom. The van der Waals surface area contributed by atoms with Crippen molar-refractivity contribution in [3.05, 3.63) is 66.4 Å². The molecule has 0 spiro atoms. The van der Waals surface area contributed by atoms with Crippen LogP contribution in [0.5, 0.6) is 0 Å². The van der Waals surface area contributed by atoms with Gasteiger partial charge in [-0.1, -0.05) is 0 Å². The summed E-state index contributed by atoms with van der Waals surface area (Å²) in [6, 6.07) is 7.40. The van der Waals surface area contributed by atoms with Crippen molar-refractivity contribution in [2.24, 2.45) is 0 Å². The van der Waals surface area contributed by atoms with Crippen LogP contribution in [-0.2, 0) is 11.3 Å². The number of carbonyl (C=O) groups is 2. The van der Waals surface area contributed by atoms with Crippen LogP contribution in [0, 0.1) is 0 Å². The Kier molecular flexibility index (Phi) is 4.35. The van der Waals surface area contributed by atoms with Crippen LogP contribution < -0.4 is 5.32 Å². The van der Waals surface area contributed by atoms with Gasteiger partial charge in [0, 0.05) is 56.5 Å². The number of hydrogen-bond donors (Lipinski definition) is 1. The summed E-state index contributed by atoms with van der Waals surface area (Å²) in [5.74, 6) is -0.0234. The van der Waals surface area contributed by atoms with Gasteiger partial charge >= 0.3 is 0 Å². The standard InChI is InChI=1S/C19H19N5O2/c25-18-4-2-16(22-18)13-24(11-14-5-7-20-8-6-14)19(26)15-1-3-17-21-9-10-23(17)12-15/h1,3,5-10,12,16H,2,4,11,13H2,(H,22,25). The monoisotopic (exact) mass is 349 g/mol. The fourth-order valence-electron chi connectivity index (χ4n) is 3.24. The van der Waals surface area contributed by atoms with Crippen LogP contribution in [0.4, 0.5) is 0 Å². The Morgan fingerprint density at radius 1 is 1.23 bits per heavy atom. The number of fused-ring (bicyclic) bond motifs is 1. The highest BCUT2D eigenvalue weighted by Gasteiger charge is 2.26. The minimum Gasteiger partial charge on any atom is -0.352 e. The number of nitrogens with zero attached hydrogens (tertiary/aromatic N) is 4. The Bertz CT molecular complexity index is 937. The molecule has 7 nitrogen and oxygen atoms in total. The normalized spacial score (nSPS) is 16.6. The minimum absolute atomic E-state index is 0.00902. The molecule has 4 heterocycles. The number of rotatable bonds is 5. The maximum absolute atomic E-state index is 13.1. The molecule has 0 aromatic carbocycles. The summed E-state index contributed by atoms with van der Waals surface area (Å²) in [7, 11) is 0.